The topological polar surface area (TPSA) is 118 Å². The molecule has 132 valence electrons. The number of ether oxygens (including phenoxy) is 1. The summed E-state index contributed by atoms with van der Waals surface area (Å²) in [5.74, 6) is 1.06. The molecule has 0 fully saturated rings. The first kappa shape index (κ1) is 18.3. The van der Waals surface area contributed by atoms with Gasteiger partial charge in [0.15, 0.2) is 5.82 Å². The Morgan fingerprint density at radius 3 is 3.00 bits per heavy atom. The number of nitrogens with one attached hydrogen (secondary N) is 2. The highest BCUT2D eigenvalue weighted by Gasteiger charge is 2.19. The summed E-state index contributed by atoms with van der Waals surface area (Å²) >= 11 is 6.09. The second-order valence-corrected chi connectivity index (χ2v) is 6.46. The normalized spacial score (nSPS) is 16.6. The molecule has 8 nitrogen and oxygen atoms in total. The largest absolute Gasteiger partial charge is 0.478 e. The molecule has 1 aliphatic rings. The second kappa shape index (κ2) is 7.67. The van der Waals surface area contributed by atoms with Gasteiger partial charge in [0.25, 0.3) is 0 Å². The van der Waals surface area contributed by atoms with Crippen molar-refractivity contribution < 1.29 is 9.84 Å². The number of aliphatic hydroxyl groups excluding tert-OH is 1. The highest BCUT2D eigenvalue weighted by Crippen LogP contribution is 2.21. The first-order valence-corrected chi connectivity index (χ1v) is 8.04. The maximum atomic E-state index is 9.42. The smallest absolute Gasteiger partial charge is 0.229 e. The quantitative estimate of drug-likeness (QED) is 0.610. The summed E-state index contributed by atoms with van der Waals surface area (Å²) in [6.45, 7) is 6.40. The number of allylic oxidation sites excluding steroid dienone is 1. The molecule has 5 N–H and O–H groups in total. The molecule has 1 aliphatic heterocycles. The molecule has 0 amide bonds. The number of anilines is 2. The number of aromatic nitrogens is 2. The fraction of sp³-hybridized carbons (Fsp3) is 0.533. The zero-order valence-corrected chi connectivity index (χ0v) is 14.8. The van der Waals surface area contributed by atoms with Gasteiger partial charge in [-0.05, 0) is 27.2 Å². The van der Waals surface area contributed by atoms with Crippen LogP contribution in [0.3, 0.4) is 0 Å². The van der Waals surface area contributed by atoms with Gasteiger partial charge in [0.1, 0.15) is 10.7 Å². The Hall–Kier alpha value is -2.06. The number of hydrogen-bond acceptors (Lipinski definition) is 8. The monoisotopic (exact) mass is 354 g/mol. The maximum Gasteiger partial charge on any atom is 0.229 e. The van der Waals surface area contributed by atoms with Crippen LogP contribution in [-0.2, 0) is 4.74 Å². The summed E-state index contributed by atoms with van der Waals surface area (Å²) in [6.07, 6.45) is 2.23. The first-order valence-electron chi connectivity index (χ1n) is 7.66. The Balaban J connectivity index is 2.42. The van der Waals surface area contributed by atoms with Gasteiger partial charge in [-0.25, -0.2) is 4.98 Å². The lowest BCUT2D eigenvalue weighted by atomic mass is 10.1. The summed E-state index contributed by atoms with van der Waals surface area (Å²) in [7, 11) is 0. The van der Waals surface area contributed by atoms with E-state index in [0.717, 1.165) is 6.42 Å². The third kappa shape index (κ3) is 4.72. The van der Waals surface area contributed by atoms with Crippen LogP contribution >= 0.6 is 11.6 Å². The molecule has 0 spiro atoms. The zero-order chi connectivity index (χ0) is 17.7. The van der Waals surface area contributed by atoms with Crippen molar-refractivity contribution in [3.8, 4) is 0 Å². The molecule has 2 rings (SSSR count). The lowest BCUT2D eigenvalue weighted by Crippen LogP contribution is -2.27. The number of aliphatic hydroxyl groups is 1. The van der Waals surface area contributed by atoms with E-state index in [0.29, 0.717) is 41.3 Å². The minimum Gasteiger partial charge on any atom is -0.478 e. The van der Waals surface area contributed by atoms with Crippen molar-refractivity contribution >= 4 is 29.1 Å². The van der Waals surface area contributed by atoms with Crippen molar-refractivity contribution in [2.75, 3.05) is 30.4 Å². The van der Waals surface area contributed by atoms with Crippen molar-refractivity contribution in [3.63, 3.8) is 0 Å². The fourth-order valence-electron chi connectivity index (χ4n) is 2.07. The van der Waals surface area contributed by atoms with E-state index in [4.69, 9.17) is 22.1 Å². The molecule has 0 radical (unpaired) electrons. The van der Waals surface area contributed by atoms with Crippen LogP contribution in [-0.4, -0.2) is 46.1 Å². The van der Waals surface area contributed by atoms with Crippen LogP contribution in [0.5, 0.6) is 0 Å². The number of nitrogens with zero attached hydrogens (tertiary/aromatic N) is 3. The Kier molecular flexibility index (Phi) is 5.84. The number of rotatable bonds is 3. The summed E-state index contributed by atoms with van der Waals surface area (Å²) in [5, 5.41) is 16.0. The molecule has 0 atom stereocenters. The van der Waals surface area contributed by atoms with Gasteiger partial charge in [-0.2, -0.15) is 4.98 Å². The molecule has 1 aromatic heterocycles. The summed E-state index contributed by atoms with van der Waals surface area (Å²) in [4.78, 5) is 13.0. The third-order valence-corrected chi connectivity index (χ3v) is 3.59. The molecule has 0 saturated heterocycles. The second-order valence-electron chi connectivity index (χ2n) is 6.05. The zero-order valence-electron chi connectivity index (χ0n) is 14.1. The average Bonchev–Trinajstić information content (AvgIpc) is 2.56. The minimum atomic E-state index is -0.640. The van der Waals surface area contributed by atoms with Gasteiger partial charge >= 0.3 is 0 Å². The fourth-order valence-corrected chi connectivity index (χ4v) is 2.23. The van der Waals surface area contributed by atoms with Crippen LogP contribution < -0.4 is 16.4 Å². The molecule has 9 heteroatoms. The molecule has 0 saturated carbocycles. The summed E-state index contributed by atoms with van der Waals surface area (Å²) < 4.78 is 5.59. The molecule has 1 aromatic rings. The van der Waals surface area contributed by atoms with Gasteiger partial charge in [0.05, 0.1) is 30.7 Å². The summed E-state index contributed by atoms with van der Waals surface area (Å²) in [5.41, 5.74) is 6.47. The average molecular weight is 355 g/mol. The van der Waals surface area contributed by atoms with Gasteiger partial charge in [-0.1, -0.05) is 11.6 Å². The van der Waals surface area contributed by atoms with Crippen LogP contribution in [0.4, 0.5) is 11.8 Å². The SMILES string of the molecule is CC(=NC(C)(C)CO)C1=C(N)OCCCNc2nc(ncc2Cl)N1. The molecular formula is C15H23ClN6O2. The van der Waals surface area contributed by atoms with E-state index in [1.54, 1.807) is 6.92 Å². The van der Waals surface area contributed by atoms with Gasteiger partial charge in [0, 0.05) is 6.54 Å². The predicted octanol–water partition coefficient (Wildman–Crippen LogP) is 1.73. The molecule has 2 bridgehead atoms. The van der Waals surface area contributed by atoms with Crippen molar-refractivity contribution in [3.05, 3.63) is 22.8 Å². The molecule has 0 unspecified atom stereocenters. The molecule has 24 heavy (non-hydrogen) atoms. The predicted molar refractivity (Wildman–Crippen MR) is 95.2 cm³/mol. The summed E-state index contributed by atoms with van der Waals surface area (Å²) in [6, 6.07) is 0. The van der Waals surface area contributed by atoms with E-state index in [2.05, 4.69) is 25.6 Å². The van der Waals surface area contributed by atoms with Gasteiger partial charge in [0.2, 0.25) is 11.8 Å². The highest BCUT2D eigenvalue weighted by molar-refractivity contribution is 6.32. The van der Waals surface area contributed by atoms with Crippen molar-refractivity contribution in [1.29, 1.82) is 0 Å². The Bertz CT molecular complexity index is 659. The van der Waals surface area contributed by atoms with Crippen LogP contribution in [0.15, 0.2) is 22.8 Å². The highest BCUT2D eigenvalue weighted by atomic mass is 35.5. The van der Waals surface area contributed by atoms with Crippen LogP contribution in [0, 0.1) is 0 Å². The minimum absolute atomic E-state index is 0.0934. The van der Waals surface area contributed by atoms with E-state index in [-0.39, 0.29) is 12.5 Å². The van der Waals surface area contributed by atoms with Gasteiger partial charge in [-0.3, -0.25) is 4.99 Å². The Morgan fingerprint density at radius 2 is 2.29 bits per heavy atom. The first-order chi connectivity index (χ1) is 11.3. The maximum absolute atomic E-state index is 9.42. The Labute approximate surface area is 146 Å². The van der Waals surface area contributed by atoms with Crippen molar-refractivity contribution in [1.82, 2.24) is 9.97 Å². The van der Waals surface area contributed by atoms with E-state index in [9.17, 15) is 5.11 Å². The molecular weight excluding hydrogens is 332 g/mol. The number of halogens is 1. The van der Waals surface area contributed by atoms with E-state index < -0.39 is 5.54 Å². The molecule has 0 aromatic carbocycles. The number of fused-ring (bicyclic) bond motifs is 2. The van der Waals surface area contributed by atoms with E-state index in [1.165, 1.54) is 6.20 Å². The van der Waals surface area contributed by atoms with E-state index in [1.807, 2.05) is 13.8 Å². The Morgan fingerprint density at radius 1 is 1.54 bits per heavy atom. The van der Waals surface area contributed by atoms with Crippen LogP contribution in [0.2, 0.25) is 5.02 Å². The lowest BCUT2D eigenvalue weighted by molar-refractivity contribution is 0.206. The van der Waals surface area contributed by atoms with Crippen molar-refractivity contribution in [2.24, 2.45) is 10.7 Å². The van der Waals surface area contributed by atoms with Crippen LogP contribution in [0.25, 0.3) is 0 Å². The van der Waals surface area contributed by atoms with E-state index >= 15 is 0 Å². The number of aliphatic imine (C=N–C) groups is 1. The number of nitrogens with two attached hydrogens (primary N) is 1. The molecule has 0 aliphatic carbocycles. The van der Waals surface area contributed by atoms with Crippen LogP contribution in [0.1, 0.15) is 27.2 Å². The molecule has 2 heterocycles. The third-order valence-electron chi connectivity index (χ3n) is 3.32. The van der Waals surface area contributed by atoms with Gasteiger partial charge < -0.3 is 26.2 Å². The lowest BCUT2D eigenvalue weighted by Gasteiger charge is -2.20. The number of hydrogen-bond donors (Lipinski definition) is 4. The standard InChI is InChI=1S/C15H23ClN6O2/c1-9(22-15(2,3)8-23)11-12(17)24-6-4-5-18-13-10(16)7-19-14(20-11)21-13/h7,23H,4-6,8,17H2,1-3H3,(H2,18,19,20,21). The van der Waals surface area contributed by atoms with Crippen molar-refractivity contribution in [2.45, 2.75) is 32.7 Å². The van der Waals surface area contributed by atoms with Gasteiger partial charge in [-0.15, -0.1) is 0 Å².